The number of halogens is 2. The molecule has 1 aromatic rings. The van der Waals surface area contributed by atoms with Crippen molar-refractivity contribution < 1.29 is 19.0 Å². The lowest BCUT2D eigenvalue weighted by Crippen LogP contribution is -2.31. The molecule has 0 spiro atoms. The molecule has 1 unspecified atom stereocenters. The minimum Gasteiger partial charge on any atom is -0.487 e. The van der Waals surface area contributed by atoms with Crippen LogP contribution < -0.4 is 4.74 Å². The van der Waals surface area contributed by atoms with Gasteiger partial charge < -0.3 is 9.84 Å². The van der Waals surface area contributed by atoms with E-state index in [0.717, 1.165) is 5.56 Å². The van der Waals surface area contributed by atoms with Gasteiger partial charge in [-0.1, -0.05) is 0 Å². The molecule has 0 amide bonds. The molecule has 1 aliphatic rings. The molecule has 0 saturated carbocycles. The van der Waals surface area contributed by atoms with E-state index in [2.05, 4.69) is 0 Å². The van der Waals surface area contributed by atoms with Crippen molar-refractivity contribution in [2.75, 3.05) is 0 Å². The van der Waals surface area contributed by atoms with Crippen LogP contribution >= 0.6 is 11.6 Å². The van der Waals surface area contributed by atoms with Gasteiger partial charge in [0.05, 0.1) is 5.88 Å². The number of hydrogen-bond donors (Lipinski definition) is 1. The van der Waals surface area contributed by atoms with Crippen LogP contribution in [0.3, 0.4) is 0 Å². The van der Waals surface area contributed by atoms with Crippen LogP contribution in [0.15, 0.2) is 12.1 Å². The van der Waals surface area contributed by atoms with E-state index in [1.165, 1.54) is 12.1 Å². The molecule has 1 N–H and O–H groups in total. The van der Waals surface area contributed by atoms with Gasteiger partial charge in [-0.15, -0.1) is 11.6 Å². The zero-order valence-corrected chi connectivity index (χ0v) is 10.8. The van der Waals surface area contributed by atoms with Crippen LogP contribution in [0, 0.1) is 5.82 Å². The number of carboxylic acid groups (broad SMARTS) is 1. The molecule has 5 heteroatoms. The van der Waals surface area contributed by atoms with E-state index in [-0.39, 0.29) is 18.1 Å². The van der Waals surface area contributed by atoms with Gasteiger partial charge in [0.2, 0.25) is 0 Å². The average molecular weight is 273 g/mol. The summed E-state index contributed by atoms with van der Waals surface area (Å²) in [4.78, 5) is 10.6. The topological polar surface area (TPSA) is 46.5 Å². The lowest BCUT2D eigenvalue weighted by Gasteiger charge is -2.23. The highest BCUT2D eigenvalue weighted by atomic mass is 35.5. The van der Waals surface area contributed by atoms with Crippen molar-refractivity contribution in [3.8, 4) is 5.75 Å². The monoisotopic (exact) mass is 272 g/mol. The van der Waals surface area contributed by atoms with Gasteiger partial charge in [0.15, 0.2) is 0 Å². The molecule has 18 heavy (non-hydrogen) atoms. The molecule has 1 heterocycles. The first kappa shape index (κ1) is 13.1. The van der Waals surface area contributed by atoms with Gasteiger partial charge in [-0.25, -0.2) is 4.39 Å². The predicted octanol–water partition coefficient (Wildman–Crippen LogP) is 3.12. The molecule has 2 rings (SSSR count). The number of alkyl halides is 1. The number of fused-ring (bicyclic) bond motifs is 1. The normalized spacial score (nSPS) is 21.5. The number of ether oxygens (including phenoxy) is 1. The number of aliphatic carboxylic acids is 1. The quantitative estimate of drug-likeness (QED) is 0.857. The Hall–Kier alpha value is -1.29. The Morgan fingerprint density at radius 1 is 1.61 bits per heavy atom. The third-order valence-corrected chi connectivity index (χ3v) is 3.42. The Morgan fingerprint density at radius 3 is 2.94 bits per heavy atom. The van der Waals surface area contributed by atoms with Crippen LogP contribution in [0.2, 0.25) is 0 Å². The van der Waals surface area contributed by atoms with Crippen molar-refractivity contribution in [2.45, 2.75) is 37.7 Å². The van der Waals surface area contributed by atoms with Crippen LogP contribution in [-0.2, 0) is 17.1 Å². The van der Waals surface area contributed by atoms with E-state index in [9.17, 15) is 9.18 Å². The Bertz CT molecular complexity index is 489. The van der Waals surface area contributed by atoms with Gasteiger partial charge in [0.25, 0.3) is 0 Å². The summed E-state index contributed by atoms with van der Waals surface area (Å²) in [5.74, 6) is -0.413. The number of benzene rings is 1. The maximum Gasteiger partial charge on any atom is 0.303 e. The second kappa shape index (κ2) is 4.76. The summed E-state index contributed by atoms with van der Waals surface area (Å²) in [7, 11) is 0. The molecule has 0 radical (unpaired) electrons. The van der Waals surface area contributed by atoms with Crippen molar-refractivity contribution in [3.63, 3.8) is 0 Å². The summed E-state index contributed by atoms with van der Waals surface area (Å²) in [5, 5.41) is 8.71. The third-order valence-electron chi connectivity index (χ3n) is 3.13. The van der Waals surface area contributed by atoms with Crippen LogP contribution in [0.25, 0.3) is 0 Å². The van der Waals surface area contributed by atoms with E-state index in [0.29, 0.717) is 24.2 Å². The lowest BCUT2D eigenvalue weighted by molar-refractivity contribution is -0.138. The van der Waals surface area contributed by atoms with Crippen LogP contribution in [0.5, 0.6) is 5.75 Å². The summed E-state index contributed by atoms with van der Waals surface area (Å²) >= 11 is 5.76. The number of carbonyl (C=O) groups is 1. The van der Waals surface area contributed by atoms with E-state index < -0.39 is 11.6 Å². The fourth-order valence-electron chi connectivity index (χ4n) is 2.27. The van der Waals surface area contributed by atoms with E-state index in [1.54, 1.807) is 0 Å². The minimum absolute atomic E-state index is 0.0309. The molecule has 1 aromatic carbocycles. The minimum atomic E-state index is -0.862. The summed E-state index contributed by atoms with van der Waals surface area (Å²) in [6.45, 7) is 1.84. The van der Waals surface area contributed by atoms with Crippen molar-refractivity contribution >= 4 is 17.6 Å². The van der Waals surface area contributed by atoms with Crippen molar-refractivity contribution in [1.82, 2.24) is 0 Å². The first-order valence-electron chi connectivity index (χ1n) is 5.71. The summed E-state index contributed by atoms with van der Waals surface area (Å²) in [6.07, 6.45) is 0.931. The second-order valence-electron chi connectivity index (χ2n) is 4.81. The van der Waals surface area contributed by atoms with Gasteiger partial charge in [-0.3, -0.25) is 4.79 Å². The summed E-state index contributed by atoms with van der Waals surface area (Å²) in [5.41, 5.74) is 0.791. The number of rotatable bonds is 4. The van der Waals surface area contributed by atoms with E-state index >= 15 is 0 Å². The highest BCUT2D eigenvalue weighted by Crippen LogP contribution is 2.41. The van der Waals surface area contributed by atoms with Gasteiger partial charge in [0, 0.05) is 24.0 Å². The standard InChI is InChI=1S/C13H14ClFO3/c1-13(3-2-11(16)17)6-8-4-10(15)5-9(7-14)12(8)18-13/h4-5H,2-3,6-7H2,1H3,(H,16,17). The van der Waals surface area contributed by atoms with Gasteiger partial charge in [0.1, 0.15) is 17.2 Å². The van der Waals surface area contributed by atoms with Crippen LogP contribution in [0.1, 0.15) is 30.9 Å². The first-order valence-corrected chi connectivity index (χ1v) is 6.25. The molecule has 1 aliphatic heterocycles. The molecule has 0 bridgehead atoms. The van der Waals surface area contributed by atoms with Crippen molar-refractivity contribution in [2.24, 2.45) is 0 Å². The van der Waals surface area contributed by atoms with Gasteiger partial charge in [-0.05, 0) is 25.5 Å². The number of carboxylic acids is 1. The Balaban J connectivity index is 2.23. The summed E-state index contributed by atoms with van der Waals surface area (Å²) < 4.78 is 19.2. The van der Waals surface area contributed by atoms with Crippen LogP contribution in [-0.4, -0.2) is 16.7 Å². The van der Waals surface area contributed by atoms with Gasteiger partial charge >= 0.3 is 5.97 Å². The molecule has 1 atom stereocenters. The second-order valence-corrected chi connectivity index (χ2v) is 5.08. The predicted molar refractivity (Wildman–Crippen MR) is 65.6 cm³/mol. The highest BCUT2D eigenvalue weighted by Gasteiger charge is 2.36. The molecule has 0 fully saturated rings. The molecule has 3 nitrogen and oxygen atoms in total. The van der Waals surface area contributed by atoms with Crippen molar-refractivity contribution in [3.05, 3.63) is 29.1 Å². The smallest absolute Gasteiger partial charge is 0.303 e. The first-order chi connectivity index (χ1) is 8.43. The molecule has 0 aromatic heterocycles. The maximum absolute atomic E-state index is 13.4. The Kier molecular flexibility index (Phi) is 3.48. The van der Waals surface area contributed by atoms with E-state index in [4.69, 9.17) is 21.4 Å². The zero-order valence-electron chi connectivity index (χ0n) is 10.0. The molecular formula is C13H14ClFO3. The molecule has 0 saturated heterocycles. The third kappa shape index (κ3) is 2.58. The van der Waals surface area contributed by atoms with Gasteiger partial charge in [-0.2, -0.15) is 0 Å². The fraction of sp³-hybridized carbons (Fsp3) is 0.462. The Morgan fingerprint density at radius 2 is 2.33 bits per heavy atom. The number of hydrogen-bond acceptors (Lipinski definition) is 2. The summed E-state index contributed by atoms with van der Waals surface area (Å²) in [6, 6.07) is 2.78. The van der Waals surface area contributed by atoms with Crippen LogP contribution in [0.4, 0.5) is 4.39 Å². The molecule has 0 aliphatic carbocycles. The SMILES string of the molecule is CC1(CCC(=O)O)Cc2cc(F)cc(CCl)c2O1. The molecular weight excluding hydrogens is 259 g/mol. The largest absolute Gasteiger partial charge is 0.487 e. The maximum atomic E-state index is 13.4. The fourth-order valence-corrected chi connectivity index (χ4v) is 2.47. The zero-order chi connectivity index (χ0) is 13.3. The lowest BCUT2D eigenvalue weighted by atomic mass is 9.94. The van der Waals surface area contributed by atoms with Crippen molar-refractivity contribution in [1.29, 1.82) is 0 Å². The van der Waals surface area contributed by atoms with E-state index in [1.807, 2.05) is 6.92 Å². The molecule has 98 valence electrons. The average Bonchev–Trinajstić information content (AvgIpc) is 2.62. The Labute approximate surface area is 110 Å². The highest BCUT2D eigenvalue weighted by molar-refractivity contribution is 6.17.